The number of carbonyl (C=O) groups excluding carboxylic acids is 1. The summed E-state index contributed by atoms with van der Waals surface area (Å²) < 4.78 is 25.6. The van der Waals surface area contributed by atoms with Gasteiger partial charge in [0.05, 0.1) is 19.8 Å². The molecule has 0 radical (unpaired) electrons. The van der Waals surface area contributed by atoms with E-state index in [-0.39, 0.29) is 5.91 Å². The molecule has 0 aliphatic carbocycles. The van der Waals surface area contributed by atoms with Gasteiger partial charge in [-0.3, -0.25) is 14.8 Å². The fraction of sp³-hybridized carbons (Fsp3) is 0.296. The molecule has 5 rings (SSSR count). The standard InChI is InChI=1S/C27H28FN5O3/c28-21-15-20(16-22(17-21)33-10-12-35-13-11-33)27(34)32-6-4-19-2-1-3-23(14-19)36-24-5-7-29-25(18-24)26-30-8-9-31-26/h1-3,5,7,14-18H,4,6,8-13H2,(H,30,31)(H,32,34). The van der Waals surface area contributed by atoms with Crippen molar-refractivity contribution in [2.45, 2.75) is 6.42 Å². The van der Waals surface area contributed by atoms with Gasteiger partial charge in [0.15, 0.2) is 0 Å². The van der Waals surface area contributed by atoms with Crippen LogP contribution in [0.5, 0.6) is 11.5 Å². The Hall–Kier alpha value is -3.98. The van der Waals surface area contributed by atoms with Crippen LogP contribution in [0.25, 0.3) is 0 Å². The fourth-order valence-corrected chi connectivity index (χ4v) is 4.21. The second kappa shape index (κ2) is 11.2. The molecule has 2 aliphatic heterocycles. The molecule has 3 heterocycles. The second-order valence-electron chi connectivity index (χ2n) is 8.59. The predicted molar refractivity (Wildman–Crippen MR) is 136 cm³/mol. The molecule has 186 valence electrons. The van der Waals surface area contributed by atoms with Gasteiger partial charge in [-0.25, -0.2) is 4.39 Å². The van der Waals surface area contributed by atoms with Gasteiger partial charge in [0.25, 0.3) is 5.91 Å². The van der Waals surface area contributed by atoms with Crippen LogP contribution in [0.1, 0.15) is 21.6 Å². The number of aliphatic imine (C=N–C) groups is 1. The van der Waals surface area contributed by atoms with E-state index in [9.17, 15) is 9.18 Å². The second-order valence-corrected chi connectivity index (χ2v) is 8.59. The molecule has 0 bridgehead atoms. The van der Waals surface area contributed by atoms with Crippen LogP contribution in [-0.4, -0.2) is 62.7 Å². The first-order valence-electron chi connectivity index (χ1n) is 12.1. The van der Waals surface area contributed by atoms with Gasteiger partial charge in [0.1, 0.15) is 28.8 Å². The minimum atomic E-state index is -0.427. The molecule has 0 unspecified atom stereocenters. The van der Waals surface area contributed by atoms with Gasteiger partial charge in [0, 0.05) is 49.7 Å². The quantitative estimate of drug-likeness (QED) is 0.506. The number of carbonyl (C=O) groups is 1. The molecule has 3 aromatic rings. The number of hydrogen-bond acceptors (Lipinski definition) is 7. The number of benzene rings is 2. The number of morpholine rings is 1. The van der Waals surface area contributed by atoms with Crippen LogP contribution in [0.4, 0.5) is 10.1 Å². The highest BCUT2D eigenvalue weighted by Crippen LogP contribution is 2.23. The summed E-state index contributed by atoms with van der Waals surface area (Å²) in [7, 11) is 0. The van der Waals surface area contributed by atoms with Crippen LogP contribution in [0, 0.1) is 5.82 Å². The molecule has 0 spiro atoms. The number of hydrogen-bond donors (Lipinski definition) is 2. The van der Waals surface area contributed by atoms with Crippen molar-refractivity contribution in [2.75, 3.05) is 50.8 Å². The molecule has 36 heavy (non-hydrogen) atoms. The van der Waals surface area contributed by atoms with E-state index in [1.165, 1.54) is 12.1 Å². The molecule has 1 fully saturated rings. The van der Waals surface area contributed by atoms with Crippen molar-refractivity contribution in [1.82, 2.24) is 15.6 Å². The van der Waals surface area contributed by atoms with E-state index in [4.69, 9.17) is 9.47 Å². The molecule has 2 N–H and O–H groups in total. The first-order chi connectivity index (χ1) is 17.6. The topological polar surface area (TPSA) is 88.1 Å². The average molecular weight is 490 g/mol. The summed E-state index contributed by atoms with van der Waals surface area (Å²) in [4.78, 5) is 23.5. The minimum Gasteiger partial charge on any atom is -0.457 e. The number of nitrogens with zero attached hydrogens (tertiary/aromatic N) is 3. The van der Waals surface area contributed by atoms with Crippen LogP contribution >= 0.6 is 0 Å². The highest BCUT2D eigenvalue weighted by Gasteiger charge is 2.16. The number of nitrogens with one attached hydrogen (secondary N) is 2. The SMILES string of the molecule is O=C(NCCc1cccc(Oc2ccnc(C3=NCCN3)c2)c1)c1cc(F)cc(N2CCOCC2)c1. The first kappa shape index (κ1) is 23.7. The zero-order chi connectivity index (χ0) is 24.7. The van der Waals surface area contributed by atoms with Gasteiger partial charge < -0.3 is 25.0 Å². The van der Waals surface area contributed by atoms with Crippen molar-refractivity contribution >= 4 is 17.4 Å². The third-order valence-electron chi connectivity index (χ3n) is 6.00. The van der Waals surface area contributed by atoms with E-state index in [0.717, 1.165) is 30.2 Å². The average Bonchev–Trinajstić information content (AvgIpc) is 3.45. The number of pyridine rings is 1. The number of ether oxygens (including phenoxy) is 2. The molecule has 9 heteroatoms. The Bertz CT molecular complexity index is 1260. The lowest BCUT2D eigenvalue weighted by molar-refractivity contribution is 0.0953. The van der Waals surface area contributed by atoms with Crippen molar-refractivity contribution in [1.29, 1.82) is 0 Å². The third kappa shape index (κ3) is 5.98. The smallest absolute Gasteiger partial charge is 0.251 e. The van der Waals surface area contributed by atoms with E-state index in [0.29, 0.717) is 62.0 Å². The maximum Gasteiger partial charge on any atom is 0.251 e. The Morgan fingerprint density at radius 1 is 1.11 bits per heavy atom. The lowest BCUT2D eigenvalue weighted by atomic mass is 10.1. The molecule has 0 saturated carbocycles. The molecular formula is C27H28FN5O3. The molecule has 2 aliphatic rings. The summed E-state index contributed by atoms with van der Waals surface area (Å²) in [6.07, 6.45) is 2.31. The normalized spacial score (nSPS) is 15.2. The summed E-state index contributed by atoms with van der Waals surface area (Å²) in [5.74, 6) is 1.41. The first-order valence-corrected chi connectivity index (χ1v) is 12.1. The van der Waals surface area contributed by atoms with Crippen LogP contribution < -0.4 is 20.3 Å². The van der Waals surface area contributed by atoms with Crippen molar-refractivity contribution in [3.63, 3.8) is 0 Å². The fourth-order valence-electron chi connectivity index (χ4n) is 4.21. The molecule has 2 aromatic carbocycles. The Kier molecular flexibility index (Phi) is 7.37. The largest absolute Gasteiger partial charge is 0.457 e. The Morgan fingerprint density at radius 3 is 2.81 bits per heavy atom. The number of amidine groups is 1. The van der Waals surface area contributed by atoms with Gasteiger partial charge in [-0.05, 0) is 48.4 Å². The summed E-state index contributed by atoms with van der Waals surface area (Å²) in [6.45, 7) is 4.51. The van der Waals surface area contributed by atoms with Crippen molar-refractivity contribution in [3.8, 4) is 11.5 Å². The molecule has 1 aromatic heterocycles. The number of aromatic nitrogens is 1. The van der Waals surface area contributed by atoms with E-state index < -0.39 is 5.82 Å². The molecule has 0 atom stereocenters. The van der Waals surface area contributed by atoms with Gasteiger partial charge in [-0.1, -0.05) is 12.1 Å². The predicted octanol–water partition coefficient (Wildman–Crippen LogP) is 3.17. The van der Waals surface area contributed by atoms with Crippen LogP contribution in [-0.2, 0) is 11.2 Å². The summed E-state index contributed by atoms with van der Waals surface area (Å²) in [6, 6.07) is 15.8. The van der Waals surface area contributed by atoms with Gasteiger partial charge >= 0.3 is 0 Å². The number of rotatable bonds is 8. The highest BCUT2D eigenvalue weighted by atomic mass is 19.1. The molecular weight excluding hydrogens is 461 g/mol. The maximum absolute atomic E-state index is 14.2. The lowest BCUT2D eigenvalue weighted by Crippen LogP contribution is -2.36. The van der Waals surface area contributed by atoms with Crippen LogP contribution in [0.15, 0.2) is 65.8 Å². The Balaban J connectivity index is 1.17. The summed E-state index contributed by atoms with van der Waals surface area (Å²) >= 11 is 0. The lowest BCUT2D eigenvalue weighted by Gasteiger charge is -2.29. The van der Waals surface area contributed by atoms with Gasteiger partial charge in [0.2, 0.25) is 0 Å². The zero-order valence-corrected chi connectivity index (χ0v) is 19.9. The molecule has 8 nitrogen and oxygen atoms in total. The van der Waals surface area contributed by atoms with Gasteiger partial charge in [-0.2, -0.15) is 0 Å². The van der Waals surface area contributed by atoms with E-state index in [1.807, 2.05) is 35.2 Å². The Morgan fingerprint density at radius 2 is 1.97 bits per heavy atom. The van der Waals surface area contributed by atoms with Crippen molar-refractivity contribution in [2.24, 2.45) is 4.99 Å². The zero-order valence-electron chi connectivity index (χ0n) is 19.9. The highest BCUT2D eigenvalue weighted by molar-refractivity contribution is 5.98. The number of anilines is 1. The third-order valence-corrected chi connectivity index (χ3v) is 6.00. The monoisotopic (exact) mass is 489 g/mol. The minimum absolute atomic E-state index is 0.302. The maximum atomic E-state index is 14.2. The van der Waals surface area contributed by atoms with E-state index >= 15 is 0 Å². The van der Waals surface area contributed by atoms with Gasteiger partial charge in [-0.15, -0.1) is 0 Å². The van der Waals surface area contributed by atoms with Crippen LogP contribution in [0.2, 0.25) is 0 Å². The summed E-state index contributed by atoms with van der Waals surface area (Å²) in [5, 5.41) is 6.10. The van der Waals surface area contributed by atoms with E-state index in [1.54, 1.807) is 18.3 Å². The summed E-state index contributed by atoms with van der Waals surface area (Å²) in [5.41, 5.74) is 2.77. The number of halogens is 1. The molecule has 1 amide bonds. The van der Waals surface area contributed by atoms with Crippen LogP contribution in [0.3, 0.4) is 0 Å². The number of amides is 1. The Labute approximate surface area is 209 Å². The van der Waals surface area contributed by atoms with E-state index in [2.05, 4.69) is 20.6 Å². The molecule has 1 saturated heterocycles. The van der Waals surface area contributed by atoms with Crippen molar-refractivity contribution in [3.05, 3.63) is 83.4 Å². The van der Waals surface area contributed by atoms with Crippen molar-refractivity contribution < 1.29 is 18.7 Å².